The third-order valence-corrected chi connectivity index (χ3v) is 5.32. The molecule has 0 aliphatic rings. The van der Waals surface area contributed by atoms with Crippen LogP contribution in [0.4, 0.5) is 4.39 Å². The van der Waals surface area contributed by atoms with Crippen molar-refractivity contribution in [1.82, 2.24) is 0 Å². The molecule has 4 heteroatoms. The first kappa shape index (κ1) is 17.7. The van der Waals surface area contributed by atoms with Crippen molar-refractivity contribution in [3.05, 3.63) is 101 Å². The zero-order valence-corrected chi connectivity index (χ0v) is 14.9. The van der Waals surface area contributed by atoms with Gasteiger partial charge in [0.15, 0.2) is 5.78 Å². The van der Waals surface area contributed by atoms with E-state index in [4.69, 9.17) is 11.6 Å². The molecule has 0 aromatic heterocycles. The number of carbonyl (C=O) groups excluding carboxylic acids is 1. The fourth-order valence-electron chi connectivity index (χ4n) is 2.49. The number of halogens is 2. The molecule has 0 saturated carbocycles. The SMILES string of the molecule is O=C(C[C@H](Sc1ccc(Cl)cc1)c1ccccc1)c1ccc(F)cc1. The maximum atomic E-state index is 13.1. The molecule has 25 heavy (non-hydrogen) atoms. The van der Waals surface area contributed by atoms with E-state index in [2.05, 4.69) is 0 Å². The van der Waals surface area contributed by atoms with E-state index >= 15 is 0 Å². The Kier molecular flexibility index (Phi) is 5.90. The largest absolute Gasteiger partial charge is 0.294 e. The predicted molar refractivity (Wildman–Crippen MR) is 102 cm³/mol. The van der Waals surface area contributed by atoms with Crippen LogP contribution in [-0.2, 0) is 0 Å². The summed E-state index contributed by atoms with van der Waals surface area (Å²) in [6.07, 6.45) is 0.336. The first-order chi connectivity index (χ1) is 12.1. The Hall–Kier alpha value is -2.10. The number of ketones is 1. The zero-order valence-electron chi connectivity index (χ0n) is 13.4. The summed E-state index contributed by atoms with van der Waals surface area (Å²) in [4.78, 5) is 13.7. The highest BCUT2D eigenvalue weighted by Gasteiger charge is 2.18. The second-order valence-electron chi connectivity index (χ2n) is 5.61. The molecule has 0 fully saturated rings. The minimum Gasteiger partial charge on any atom is -0.294 e. The molecule has 126 valence electrons. The molecule has 0 unspecified atom stereocenters. The van der Waals surface area contributed by atoms with Gasteiger partial charge in [-0.15, -0.1) is 11.8 Å². The van der Waals surface area contributed by atoms with Crippen LogP contribution in [0, 0.1) is 5.82 Å². The quantitative estimate of drug-likeness (QED) is 0.360. The van der Waals surface area contributed by atoms with Crippen LogP contribution in [0.15, 0.2) is 83.8 Å². The topological polar surface area (TPSA) is 17.1 Å². The predicted octanol–water partition coefficient (Wildman–Crippen LogP) is 6.59. The second kappa shape index (κ2) is 8.32. The summed E-state index contributed by atoms with van der Waals surface area (Å²) in [5.74, 6) is -0.345. The van der Waals surface area contributed by atoms with Crippen LogP contribution in [-0.4, -0.2) is 5.78 Å². The minimum absolute atomic E-state index is 0.00434. The number of benzene rings is 3. The first-order valence-electron chi connectivity index (χ1n) is 7.88. The number of carbonyl (C=O) groups is 1. The number of hydrogen-bond acceptors (Lipinski definition) is 2. The molecular weight excluding hydrogens is 355 g/mol. The highest BCUT2D eigenvalue weighted by Crippen LogP contribution is 2.38. The number of thioether (sulfide) groups is 1. The normalized spacial score (nSPS) is 11.9. The molecule has 0 heterocycles. The van der Waals surface area contributed by atoms with Gasteiger partial charge in [-0.1, -0.05) is 41.9 Å². The van der Waals surface area contributed by atoms with E-state index in [1.807, 2.05) is 54.6 Å². The molecule has 0 N–H and O–H groups in total. The summed E-state index contributed by atoms with van der Waals surface area (Å²) in [5.41, 5.74) is 1.61. The van der Waals surface area contributed by atoms with E-state index in [9.17, 15) is 9.18 Å². The lowest BCUT2D eigenvalue weighted by Gasteiger charge is -2.17. The Morgan fingerprint density at radius 1 is 0.920 bits per heavy atom. The van der Waals surface area contributed by atoms with Crippen LogP contribution >= 0.6 is 23.4 Å². The van der Waals surface area contributed by atoms with Gasteiger partial charge in [0.05, 0.1) is 0 Å². The van der Waals surface area contributed by atoms with Crippen molar-refractivity contribution < 1.29 is 9.18 Å². The second-order valence-corrected chi connectivity index (χ2v) is 7.32. The fraction of sp³-hybridized carbons (Fsp3) is 0.0952. The van der Waals surface area contributed by atoms with Crippen LogP contribution < -0.4 is 0 Å². The minimum atomic E-state index is -0.341. The summed E-state index contributed by atoms with van der Waals surface area (Å²) in [7, 11) is 0. The van der Waals surface area contributed by atoms with Gasteiger partial charge in [0.25, 0.3) is 0 Å². The summed E-state index contributed by atoms with van der Waals surface area (Å²) < 4.78 is 13.1. The molecule has 1 atom stereocenters. The van der Waals surface area contributed by atoms with Crippen molar-refractivity contribution in [3.63, 3.8) is 0 Å². The van der Waals surface area contributed by atoms with Gasteiger partial charge >= 0.3 is 0 Å². The molecule has 3 aromatic rings. The Labute approximate surface area is 155 Å². The lowest BCUT2D eigenvalue weighted by Crippen LogP contribution is -2.05. The molecule has 0 aliphatic carbocycles. The van der Waals surface area contributed by atoms with Crippen LogP contribution in [0.3, 0.4) is 0 Å². The van der Waals surface area contributed by atoms with Crippen molar-refractivity contribution in [1.29, 1.82) is 0 Å². The van der Waals surface area contributed by atoms with Gasteiger partial charge in [-0.05, 0) is 54.1 Å². The molecular formula is C21H16ClFOS. The van der Waals surface area contributed by atoms with Crippen LogP contribution in [0.25, 0.3) is 0 Å². The smallest absolute Gasteiger partial charge is 0.164 e. The van der Waals surface area contributed by atoms with Gasteiger partial charge in [0.1, 0.15) is 5.82 Å². The van der Waals surface area contributed by atoms with Crippen LogP contribution in [0.5, 0.6) is 0 Å². The number of Topliss-reactive ketones (excluding diaryl/α,β-unsaturated/α-hetero) is 1. The molecule has 0 spiro atoms. The summed E-state index contributed by atoms with van der Waals surface area (Å²) in [6, 6.07) is 23.2. The van der Waals surface area contributed by atoms with Crippen molar-refractivity contribution in [2.24, 2.45) is 0 Å². The highest BCUT2D eigenvalue weighted by atomic mass is 35.5. The van der Waals surface area contributed by atoms with E-state index < -0.39 is 0 Å². The van der Waals surface area contributed by atoms with Crippen molar-refractivity contribution >= 4 is 29.1 Å². The van der Waals surface area contributed by atoms with Gasteiger partial charge in [-0.3, -0.25) is 4.79 Å². The third kappa shape index (κ3) is 4.94. The molecule has 3 aromatic carbocycles. The average Bonchev–Trinajstić information content (AvgIpc) is 2.64. The molecule has 0 radical (unpaired) electrons. The molecule has 0 aliphatic heterocycles. The Balaban J connectivity index is 1.82. The van der Waals surface area contributed by atoms with E-state index in [0.29, 0.717) is 17.0 Å². The summed E-state index contributed by atoms with van der Waals surface area (Å²) in [6.45, 7) is 0. The van der Waals surface area contributed by atoms with Crippen LogP contribution in [0.2, 0.25) is 5.02 Å². The Bertz CT molecular complexity index is 832. The van der Waals surface area contributed by atoms with Crippen molar-refractivity contribution in [2.75, 3.05) is 0 Å². The van der Waals surface area contributed by atoms with Gasteiger partial charge in [0, 0.05) is 27.2 Å². The standard InChI is InChI=1S/C21H16ClFOS/c22-17-8-12-19(13-9-17)25-21(16-4-2-1-3-5-16)14-20(24)15-6-10-18(23)11-7-15/h1-13,21H,14H2/t21-/m0/s1. The maximum Gasteiger partial charge on any atom is 0.164 e. The van der Waals surface area contributed by atoms with Crippen molar-refractivity contribution in [3.8, 4) is 0 Å². The number of hydrogen-bond donors (Lipinski definition) is 0. The Morgan fingerprint density at radius 3 is 2.20 bits per heavy atom. The lowest BCUT2D eigenvalue weighted by molar-refractivity contribution is 0.0982. The van der Waals surface area contributed by atoms with Gasteiger partial charge < -0.3 is 0 Å². The molecule has 0 saturated heterocycles. The van der Waals surface area contributed by atoms with Gasteiger partial charge in [0.2, 0.25) is 0 Å². The highest BCUT2D eigenvalue weighted by molar-refractivity contribution is 7.99. The average molecular weight is 371 g/mol. The van der Waals surface area contributed by atoms with E-state index in [-0.39, 0.29) is 16.9 Å². The monoisotopic (exact) mass is 370 g/mol. The first-order valence-corrected chi connectivity index (χ1v) is 9.13. The molecule has 0 amide bonds. The summed E-state index contributed by atoms with van der Waals surface area (Å²) in [5, 5.41) is 0.655. The van der Waals surface area contributed by atoms with Crippen molar-refractivity contribution in [2.45, 2.75) is 16.6 Å². The van der Waals surface area contributed by atoms with Crippen LogP contribution in [0.1, 0.15) is 27.6 Å². The molecule has 1 nitrogen and oxygen atoms in total. The van der Waals surface area contributed by atoms with E-state index in [0.717, 1.165) is 10.5 Å². The fourth-order valence-corrected chi connectivity index (χ4v) is 3.77. The zero-order chi connectivity index (χ0) is 17.6. The van der Waals surface area contributed by atoms with Gasteiger partial charge in [-0.25, -0.2) is 4.39 Å². The third-order valence-electron chi connectivity index (χ3n) is 3.80. The van der Waals surface area contributed by atoms with E-state index in [1.165, 1.54) is 24.3 Å². The summed E-state index contributed by atoms with van der Waals surface area (Å²) >= 11 is 7.57. The molecule has 0 bridgehead atoms. The Morgan fingerprint density at radius 2 is 1.56 bits per heavy atom. The van der Waals surface area contributed by atoms with Gasteiger partial charge in [-0.2, -0.15) is 0 Å². The maximum absolute atomic E-state index is 13.1. The van der Waals surface area contributed by atoms with E-state index in [1.54, 1.807) is 11.8 Å². The lowest BCUT2D eigenvalue weighted by atomic mass is 10.0. The molecule has 3 rings (SSSR count). The number of rotatable bonds is 6.